The summed E-state index contributed by atoms with van der Waals surface area (Å²) in [5.74, 6) is -1.35. The molecule has 0 amide bonds. The predicted molar refractivity (Wildman–Crippen MR) is 400 cm³/mol. The van der Waals surface area contributed by atoms with E-state index in [9.17, 15) is 43.2 Å². The number of hydrogen-bond donors (Lipinski definition) is 3. The minimum atomic E-state index is -4.96. The third-order valence-electron chi connectivity index (χ3n) is 18.9. The van der Waals surface area contributed by atoms with E-state index in [4.69, 9.17) is 37.0 Å². The van der Waals surface area contributed by atoms with E-state index in [0.717, 1.165) is 109 Å². The first-order valence-corrected chi connectivity index (χ1v) is 44.2. The second kappa shape index (κ2) is 72.0. The standard InChI is InChI=1S/C79H154O17P2/c1-6-10-13-16-19-21-23-25-27-29-31-32-33-35-37-39-41-43-49-54-59-64-78(83)95-75(69-90-77(82)63-58-53-48-42-40-38-36-34-30-28-26-24-22-20-17-14-11-7-2)71-94-98(87,88)92-67-73(80)66-91-97(85,86)93-70-74(68-89-76(81)62-57-52-46-18-15-12-8-3)96-79(84)65-60-55-50-45-44-47-51-56-61-72(5)9-4/h72-75,80H,6-71H2,1-5H3,(H,85,86)(H,87,88)/t72?,73-,74+,75+/m0/s1. The number of hydrogen-bond acceptors (Lipinski definition) is 15. The molecule has 0 aromatic heterocycles. The Morgan fingerprint density at radius 3 is 0.724 bits per heavy atom. The van der Waals surface area contributed by atoms with Crippen LogP contribution in [0, 0.1) is 5.92 Å². The number of carbonyl (C=O) groups excluding carboxylic acids is 4. The molecule has 0 aliphatic carbocycles. The summed E-state index contributed by atoms with van der Waals surface area (Å²) in [5.41, 5.74) is 0. The summed E-state index contributed by atoms with van der Waals surface area (Å²) in [6, 6.07) is 0. The largest absolute Gasteiger partial charge is 0.472 e. The first-order chi connectivity index (χ1) is 47.6. The van der Waals surface area contributed by atoms with Crippen LogP contribution in [0.25, 0.3) is 0 Å². The summed E-state index contributed by atoms with van der Waals surface area (Å²) in [5, 5.41) is 10.6. The average Bonchev–Trinajstić information content (AvgIpc) is 0.967. The quantitative estimate of drug-likeness (QED) is 0.0222. The molecule has 6 atom stereocenters. The molecule has 0 spiro atoms. The van der Waals surface area contributed by atoms with Crippen LogP contribution in [-0.2, 0) is 65.4 Å². The lowest BCUT2D eigenvalue weighted by molar-refractivity contribution is -0.161. The summed E-state index contributed by atoms with van der Waals surface area (Å²) in [6.45, 7) is 7.26. The minimum absolute atomic E-state index is 0.105. The van der Waals surface area contributed by atoms with Gasteiger partial charge in [-0.3, -0.25) is 37.3 Å². The van der Waals surface area contributed by atoms with E-state index in [1.165, 1.54) is 231 Å². The molecular weight excluding hydrogens is 1280 g/mol. The maximum Gasteiger partial charge on any atom is 0.472 e. The van der Waals surface area contributed by atoms with E-state index in [1.807, 2.05) is 0 Å². The van der Waals surface area contributed by atoms with E-state index in [0.29, 0.717) is 25.7 Å². The zero-order valence-corrected chi connectivity index (χ0v) is 65.7. The van der Waals surface area contributed by atoms with E-state index >= 15 is 0 Å². The number of rotatable bonds is 79. The highest BCUT2D eigenvalue weighted by atomic mass is 31.2. The molecule has 0 heterocycles. The molecule has 3 unspecified atom stereocenters. The molecule has 3 N–H and O–H groups in total. The Kier molecular flexibility index (Phi) is 70.6. The summed E-state index contributed by atoms with van der Waals surface area (Å²) in [7, 11) is -9.91. The molecular formula is C79H154O17P2. The van der Waals surface area contributed by atoms with E-state index in [1.54, 1.807) is 0 Å². The Balaban J connectivity index is 5.16. The third kappa shape index (κ3) is 71.1. The highest BCUT2D eigenvalue weighted by molar-refractivity contribution is 7.47. The van der Waals surface area contributed by atoms with Gasteiger partial charge in [-0.2, -0.15) is 0 Å². The number of phosphoric acid groups is 2. The minimum Gasteiger partial charge on any atom is -0.462 e. The van der Waals surface area contributed by atoms with Crippen LogP contribution >= 0.6 is 15.6 Å². The SMILES string of the molecule is CCCCCCCCCCCCCCCCCCCCCCCC(=O)O[C@H](COC(=O)CCCCCCCCCCCCCCCCCCCC)COP(=O)(O)OC[C@@H](O)COP(=O)(O)OC[C@@H](COC(=O)CCCCCCCCC)OC(=O)CCCCCCCCCCC(C)CC. The summed E-state index contributed by atoms with van der Waals surface area (Å²) < 4.78 is 68.5. The van der Waals surface area contributed by atoms with Crippen LogP contribution in [-0.4, -0.2) is 96.7 Å². The molecule has 0 aromatic carbocycles. The van der Waals surface area contributed by atoms with Crippen LogP contribution in [0.3, 0.4) is 0 Å². The smallest absolute Gasteiger partial charge is 0.462 e. The number of esters is 4. The van der Waals surface area contributed by atoms with E-state index in [-0.39, 0.29) is 25.7 Å². The zero-order chi connectivity index (χ0) is 71.9. The molecule has 98 heavy (non-hydrogen) atoms. The van der Waals surface area contributed by atoms with Gasteiger partial charge in [0.15, 0.2) is 12.2 Å². The summed E-state index contributed by atoms with van der Waals surface area (Å²) >= 11 is 0. The molecule has 17 nitrogen and oxygen atoms in total. The Hall–Kier alpha value is -1.94. The number of aliphatic hydroxyl groups is 1. The molecule has 0 radical (unpaired) electrons. The van der Waals surface area contributed by atoms with Crippen LogP contribution in [0.2, 0.25) is 0 Å². The van der Waals surface area contributed by atoms with Gasteiger partial charge in [0.25, 0.3) is 0 Å². The van der Waals surface area contributed by atoms with Gasteiger partial charge in [0.1, 0.15) is 19.3 Å². The molecule has 0 saturated heterocycles. The van der Waals surface area contributed by atoms with E-state index in [2.05, 4.69) is 34.6 Å². The van der Waals surface area contributed by atoms with Crippen LogP contribution in [0.4, 0.5) is 0 Å². The van der Waals surface area contributed by atoms with Gasteiger partial charge in [0.05, 0.1) is 26.4 Å². The van der Waals surface area contributed by atoms with Crippen LogP contribution in [0.1, 0.15) is 420 Å². The van der Waals surface area contributed by atoms with Crippen molar-refractivity contribution in [2.75, 3.05) is 39.6 Å². The molecule has 0 aliphatic heterocycles. The van der Waals surface area contributed by atoms with Crippen molar-refractivity contribution in [2.45, 2.75) is 438 Å². The second-order valence-electron chi connectivity index (χ2n) is 28.7. The number of ether oxygens (including phenoxy) is 4. The fourth-order valence-corrected chi connectivity index (χ4v) is 13.8. The Morgan fingerprint density at radius 2 is 0.490 bits per heavy atom. The van der Waals surface area contributed by atoms with Crippen LogP contribution in [0.15, 0.2) is 0 Å². The third-order valence-corrected chi connectivity index (χ3v) is 20.8. The molecule has 19 heteroatoms. The number of carbonyl (C=O) groups is 4. The second-order valence-corrected chi connectivity index (χ2v) is 31.6. The van der Waals surface area contributed by atoms with Crippen molar-refractivity contribution < 1.29 is 80.2 Å². The summed E-state index contributed by atoms with van der Waals surface area (Å²) in [4.78, 5) is 72.8. The fraction of sp³-hybridized carbons (Fsp3) is 0.949. The molecule has 0 aliphatic rings. The number of phosphoric ester groups is 2. The molecule has 0 aromatic rings. The van der Waals surface area contributed by atoms with Gasteiger partial charge in [-0.15, -0.1) is 0 Å². The number of unbranched alkanes of at least 4 members (excludes halogenated alkanes) is 50. The Labute approximate surface area is 600 Å². The molecule has 0 fully saturated rings. The average molecular weight is 1440 g/mol. The first kappa shape index (κ1) is 96.1. The van der Waals surface area contributed by atoms with Gasteiger partial charge in [0, 0.05) is 25.7 Å². The van der Waals surface area contributed by atoms with Crippen LogP contribution in [0.5, 0.6) is 0 Å². The van der Waals surface area contributed by atoms with Crippen molar-refractivity contribution in [3.05, 3.63) is 0 Å². The lowest BCUT2D eigenvalue weighted by Crippen LogP contribution is -2.30. The van der Waals surface area contributed by atoms with Gasteiger partial charge in [-0.25, -0.2) is 9.13 Å². The molecule has 0 bridgehead atoms. The van der Waals surface area contributed by atoms with Crippen molar-refractivity contribution in [2.24, 2.45) is 5.92 Å². The highest BCUT2D eigenvalue weighted by Crippen LogP contribution is 2.45. The van der Waals surface area contributed by atoms with Crippen molar-refractivity contribution in [1.29, 1.82) is 0 Å². The zero-order valence-electron chi connectivity index (χ0n) is 63.9. The summed E-state index contributed by atoms with van der Waals surface area (Å²) in [6.07, 6.45) is 62.7. The monoisotopic (exact) mass is 1440 g/mol. The normalized spacial score (nSPS) is 14.2. The molecule has 0 rings (SSSR count). The number of aliphatic hydroxyl groups excluding tert-OH is 1. The first-order valence-electron chi connectivity index (χ1n) is 41.2. The predicted octanol–water partition coefficient (Wildman–Crippen LogP) is 23.6. The van der Waals surface area contributed by atoms with Gasteiger partial charge < -0.3 is 33.8 Å². The Morgan fingerprint density at radius 1 is 0.286 bits per heavy atom. The van der Waals surface area contributed by atoms with Crippen molar-refractivity contribution in [3.63, 3.8) is 0 Å². The maximum absolute atomic E-state index is 13.1. The van der Waals surface area contributed by atoms with Crippen molar-refractivity contribution in [1.82, 2.24) is 0 Å². The topological polar surface area (TPSA) is 237 Å². The van der Waals surface area contributed by atoms with Gasteiger partial charge >= 0.3 is 39.5 Å². The van der Waals surface area contributed by atoms with Gasteiger partial charge in [-0.05, 0) is 31.6 Å². The van der Waals surface area contributed by atoms with E-state index < -0.39 is 97.5 Å². The fourth-order valence-electron chi connectivity index (χ4n) is 12.2. The van der Waals surface area contributed by atoms with Crippen molar-refractivity contribution >= 4 is 39.5 Å². The van der Waals surface area contributed by atoms with Gasteiger partial charge in [-0.1, -0.05) is 369 Å². The maximum atomic E-state index is 13.1. The lowest BCUT2D eigenvalue weighted by atomic mass is 9.99. The van der Waals surface area contributed by atoms with Gasteiger partial charge in [0.2, 0.25) is 0 Å². The Bertz CT molecular complexity index is 1880. The van der Waals surface area contributed by atoms with Crippen LogP contribution < -0.4 is 0 Å². The van der Waals surface area contributed by atoms with Crippen molar-refractivity contribution in [3.8, 4) is 0 Å². The molecule has 0 saturated carbocycles. The molecule has 582 valence electrons. The lowest BCUT2D eigenvalue weighted by Gasteiger charge is -2.21. The highest BCUT2D eigenvalue weighted by Gasteiger charge is 2.30.